The van der Waals surface area contributed by atoms with Gasteiger partial charge >= 0.3 is 0 Å². The average molecular weight is 297 g/mol. The van der Waals surface area contributed by atoms with Gasteiger partial charge in [0.25, 0.3) is 0 Å². The molecule has 1 fully saturated rings. The summed E-state index contributed by atoms with van der Waals surface area (Å²) in [6, 6.07) is 9.97. The molecule has 1 saturated heterocycles. The lowest BCUT2D eigenvalue weighted by molar-refractivity contribution is 0.0928. The lowest BCUT2D eigenvalue weighted by atomic mass is 9.87. The Balaban J connectivity index is 1.66. The molecule has 1 unspecified atom stereocenters. The zero-order valence-electron chi connectivity index (χ0n) is 13.2. The number of piperidine rings is 1. The van der Waals surface area contributed by atoms with Crippen molar-refractivity contribution in [3.8, 4) is 0 Å². The summed E-state index contributed by atoms with van der Waals surface area (Å²) in [4.78, 5) is 11.3. The van der Waals surface area contributed by atoms with Crippen molar-refractivity contribution in [3.05, 3.63) is 53.5 Å². The van der Waals surface area contributed by atoms with Crippen LogP contribution in [0.1, 0.15) is 35.9 Å². The predicted octanol–water partition coefficient (Wildman–Crippen LogP) is 3.04. The number of rotatable bonds is 3. The van der Waals surface area contributed by atoms with Gasteiger partial charge in [-0.1, -0.05) is 30.3 Å². The molecule has 1 atom stereocenters. The van der Waals surface area contributed by atoms with Gasteiger partial charge < -0.3 is 10.0 Å². The van der Waals surface area contributed by atoms with E-state index in [4.69, 9.17) is 0 Å². The molecule has 0 spiro atoms. The molecule has 1 aromatic carbocycles. The Labute approximate surface area is 131 Å². The second-order valence-electron chi connectivity index (χ2n) is 6.10. The van der Waals surface area contributed by atoms with Crippen LogP contribution in [0.4, 0.5) is 5.82 Å². The van der Waals surface area contributed by atoms with Crippen molar-refractivity contribution in [2.45, 2.75) is 32.8 Å². The molecule has 0 radical (unpaired) electrons. The van der Waals surface area contributed by atoms with Gasteiger partial charge in [0.15, 0.2) is 0 Å². The molecular weight excluding hydrogens is 274 g/mol. The monoisotopic (exact) mass is 297 g/mol. The van der Waals surface area contributed by atoms with Gasteiger partial charge in [0.2, 0.25) is 0 Å². The molecule has 0 aliphatic carbocycles. The van der Waals surface area contributed by atoms with Crippen LogP contribution in [0.25, 0.3) is 0 Å². The normalized spacial score (nSPS) is 17.5. The quantitative estimate of drug-likeness (QED) is 0.946. The SMILES string of the molecule is Cc1cnc(C)c(N2CCC(C(O)c3ccccc3)CC2)n1. The van der Waals surface area contributed by atoms with Crippen molar-refractivity contribution >= 4 is 5.82 Å². The molecule has 2 heterocycles. The minimum atomic E-state index is -0.368. The van der Waals surface area contributed by atoms with E-state index in [-0.39, 0.29) is 6.10 Å². The van der Waals surface area contributed by atoms with E-state index in [0.717, 1.165) is 48.7 Å². The summed E-state index contributed by atoms with van der Waals surface area (Å²) in [5.41, 5.74) is 2.95. The molecule has 0 saturated carbocycles. The molecule has 2 aromatic rings. The molecule has 0 bridgehead atoms. The van der Waals surface area contributed by atoms with Gasteiger partial charge in [0.1, 0.15) is 5.82 Å². The number of aliphatic hydroxyl groups excluding tert-OH is 1. The smallest absolute Gasteiger partial charge is 0.150 e. The van der Waals surface area contributed by atoms with Gasteiger partial charge in [-0.15, -0.1) is 0 Å². The van der Waals surface area contributed by atoms with Crippen molar-refractivity contribution in [3.63, 3.8) is 0 Å². The fraction of sp³-hybridized carbons (Fsp3) is 0.444. The number of aliphatic hydroxyl groups is 1. The Morgan fingerprint density at radius 1 is 1.14 bits per heavy atom. The highest BCUT2D eigenvalue weighted by atomic mass is 16.3. The zero-order valence-corrected chi connectivity index (χ0v) is 13.2. The summed E-state index contributed by atoms with van der Waals surface area (Å²) in [5, 5.41) is 10.6. The number of hydrogen-bond acceptors (Lipinski definition) is 4. The third kappa shape index (κ3) is 3.12. The Morgan fingerprint density at radius 3 is 2.50 bits per heavy atom. The van der Waals surface area contributed by atoms with Crippen molar-refractivity contribution < 1.29 is 5.11 Å². The van der Waals surface area contributed by atoms with E-state index in [1.54, 1.807) is 0 Å². The van der Waals surface area contributed by atoms with Crippen LogP contribution in [-0.2, 0) is 0 Å². The number of aromatic nitrogens is 2. The van der Waals surface area contributed by atoms with E-state index >= 15 is 0 Å². The van der Waals surface area contributed by atoms with Crippen LogP contribution >= 0.6 is 0 Å². The summed E-state index contributed by atoms with van der Waals surface area (Å²) >= 11 is 0. The fourth-order valence-electron chi connectivity index (χ4n) is 3.17. The van der Waals surface area contributed by atoms with Crippen molar-refractivity contribution in [2.24, 2.45) is 5.92 Å². The lowest BCUT2D eigenvalue weighted by Crippen LogP contribution is -2.36. The van der Waals surface area contributed by atoms with Gasteiger partial charge in [-0.3, -0.25) is 4.98 Å². The maximum Gasteiger partial charge on any atom is 0.150 e. The molecule has 0 amide bonds. The van der Waals surface area contributed by atoms with Crippen LogP contribution < -0.4 is 4.90 Å². The van der Waals surface area contributed by atoms with E-state index in [2.05, 4.69) is 14.9 Å². The number of aryl methyl sites for hydroxylation is 2. The van der Waals surface area contributed by atoms with E-state index in [9.17, 15) is 5.11 Å². The Morgan fingerprint density at radius 2 is 1.82 bits per heavy atom. The first-order valence-corrected chi connectivity index (χ1v) is 7.93. The first-order valence-electron chi connectivity index (χ1n) is 7.93. The van der Waals surface area contributed by atoms with E-state index < -0.39 is 0 Å². The molecule has 22 heavy (non-hydrogen) atoms. The molecule has 1 aromatic heterocycles. The number of hydrogen-bond donors (Lipinski definition) is 1. The Bertz CT molecular complexity index is 621. The highest BCUT2D eigenvalue weighted by molar-refractivity contribution is 5.43. The van der Waals surface area contributed by atoms with Crippen LogP contribution in [0.2, 0.25) is 0 Å². The summed E-state index contributed by atoms with van der Waals surface area (Å²) in [6.07, 6.45) is 3.40. The van der Waals surface area contributed by atoms with E-state index in [1.165, 1.54) is 0 Å². The highest BCUT2D eigenvalue weighted by Gasteiger charge is 2.27. The third-order valence-corrected chi connectivity index (χ3v) is 4.48. The average Bonchev–Trinajstić information content (AvgIpc) is 2.57. The maximum atomic E-state index is 10.6. The largest absolute Gasteiger partial charge is 0.388 e. The molecule has 1 N–H and O–H groups in total. The topological polar surface area (TPSA) is 49.2 Å². The second kappa shape index (κ2) is 6.44. The first kappa shape index (κ1) is 15.0. The molecule has 116 valence electrons. The molecule has 1 aliphatic heterocycles. The van der Waals surface area contributed by atoms with Gasteiger partial charge in [-0.05, 0) is 38.2 Å². The highest BCUT2D eigenvalue weighted by Crippen LogP contribution is 2.32. The maximum absolute atomic E-state index is 10.6. The predicted molar refractivity (Wildman–Crippen MR) is 87.8 cm³/mol. The van der Waals surface area contributed by atoms with Crippen molar-refractivity contribution in [1.82, 2.24) is 9.97 Å². The molecule has 3 rings (SSSR count). The fourth-order valence-corrected chi connectivity index (χ4v) is 3.17. The molecule has 4 heteroatoms. The number of anilines is 1. The summed E-state index contributed by atoms with van der Waals surface area (Å²) in [5.74, 6) is 1.31. The minimum absolute atomic E-state index is 0.316. The van der Waals surface area contributed by atoms with Gasteiger partial charge in [0.05, 0.1) is 17.5 Å². The molecular formula is C18H23N3O. The first-order chi connectivity index (χ1) is 10.6. The standard InChI is InChI=1S/C18H23N3O/c1-13-12-19-14(2)18(20-13)21-10-8-16(9-11-21)17(22)15-6-4-3-5-7-15/h3-7,12,16-17,22H,8-11H2,1-2H3. The van der Waals surface area contributed by atoms with Crippen molar-refractivity contribution in [2.75, 3.05) is 18.0 Å². The van der Waals surface area contributed by atoms with Gasteiger partial charge in [-0.2, -0.15) is 0 Å². The van der Waals surface area contributed by atoms with Crippen LogP contribution in [0.15, 0.2) is 36.5 Å². The molecule has 1 aliphatic rings. The Hall–Kier alpha value is -1.94. The van der Waals surface area contributed by atoms with Gasteiger partial charge in [-0.25, -0.2) is 4.98 Å². The van der Waals surface area contributed by atoms with Crippen LogP contribution in [0, 0.1) is 19.8 Å². The van der Waals surface area contributed by atoms with Gasteiger partial charge in [0, 0.05) is 19.3 Å². The van der Waals surface area contributed by atoms with E-state index in [0.29, 0.717) is 5.92 Å². The second-order valence-corrected chi connectivity index (χ2v) is 6.10. The van der Waals surface area contributed by atoms with Crippen LogP contribution in [0.5, 0.6) is 0 Å². The Kier molecular flexibility index (Phi) is 4.39. The van der Waals surface area contributed by atoms with E-state index in [1.807, 2.05) is 50.4 Å². The van der Waals surface area contributed by atoms with Crippen LogP contribution in [-0.4, -0.2) is 28.2 Å². The van der Waals surface area contributed by atoms with Crippen LogP contribution in [0.3, 0.4) is 0 Å². The molecule has 4 nitrogen and oxygen atoms in total. The minimum Gasteiger partial charge on any atom is -0.388 e. The number of benzene rings is 1. The lowest BCUT2D eigenvalue weighted by Gasteiger charge is -2.35. The number of nitrogens with zero attached hydrogens (tertiary/aromatic N) is 3. The summed E-state index contributed by atoms with van der Waals surface area (Å²) < 4.78 is 0. The van der Waals surface area contributed by atoms with Crippen molar-refractivity contribution in [1.29, 1.82) is 0 Å². The summed E-state index contributed by atoms with van der Waals surface area (Å²) in [6.45, 7) is 5.83. The zero-order chi connectivity index (χ0) is 15.5. The third-order valence-electron chi connectivity index (χ3n) is 4.48. The summed E-state index contributed by atoms with van der Waals surface area (Å²) in [7, 11) is 0.